The van der Waals surface area contributed by atoms with Gasteiger partial charge in [0.2, 0.25) is 5.89 Å². The fourth-order valence-electron chi connectivity index (χ4n) is 2.13. The Bertz CT molecular complexity index is 808. The number of aromatic nitrogens is 1. The number of nitrogens with zero attached hydrogens (tertiary/aromatic N) is 1. The first-order chi connectivity index (χ1) is 10.7. The molecule has 0 saturated heterocycles. The van der Waals surface area contributed by atoms with Gasteiger partial charge in [0, 0.05) is 11.4 Å². The number of fused-ring (bicyclic) bond motifs is 1. The Morgan fingerprint density at radius 3 is 2.68 bits per heavy atom. The van der Waals surface area contributed by atoms with Gasteiger partial charge in [-0.05, 0) is 42.8 Å². The second-order valence-corrected chi connectivity index (χ2v) is 5.02. The highest BCUT2D eigenvalue weighted by atomic mass is 35.5. The minimum absolute atomic E-state index is 0.341. The zero-order valence-corrected chi connectivity index (χ0v) is 12.8. The summed E-state index contributed by atoms with van der Waals surface area (Å²) in [6.07, 6.45) is 0. The van der Waals surface area contributed by atoms with Gasteiger partial charge in [-0.3, -0.25) is 0 Å². The standard InChI is InChI=1S/C17H14ClNO3/c1-2-21-17(20)13-7-8-15-14(9-13)19-16(22-15)12-5-3-11(10-18)4-6-12/h3-9H,2,10H2,1H3. The highest BCUT2D eigenvalue weighted by molar-refractivity contribution is 6.17. The number of hydrogen-bond donors (Lipinski definition) is 0. The van der Waals surface area contributed by atoms with Gasteiger partial charge < -0.3 is 9.15 Å². The maximum absolute atomic E-state index is 11.7. The van der Waals surface area contributed by atoms with E-state index in [2.05, 4.69) is 4.98 Å². The minimum atomic E-state index is -0.361. The maximum atomic E-state index is 11.7. The topological polar surface area (TPSA) is 52.3 Å². The zero-order chi connectivity index (χ0) is 15.5. The Kier molecular flexibility index (Phi) is 4.11. The number of hydrogen-bond acceptors (Lipinski definition) is 4. The van der Waals surface area contributed by atoms with Crippen LogP contribution in [0.1, 0.15) is 22.8 Å². The van der Waals surface area contributed by atoms with Crippen molar-refractivity contribution in [3.05, 3.63) is 53.6 Å². The number of carbonyl (C=O) groups excluding carboxylic acids is 1. The smallest absolute Gasteiger partial charge is 0.338 e. The monoisotopic (exact) mass is 315 g/mol. The second-order valence-electron chi connectivity index (χ2n) is 4.75. The Morgan fingerprint density at radius 2 is 2.00 bits per heavy atom. The molecule has 0 amide bonds. The average Bonchev–Trinajstić information content (AvgIpc) is 2.98. The van der Waals surface area contributed by atoms with Crippen LogP contribution >= 0.6 is 11.6 Å². The van der Waals surface area contributed by atoms with Gasteiger partial charge in [0.1, 0.15) is 5.52 Å². The third-order valence-corrected chi connectivity index (χ3v) is 3.56. The molecule has 0 bridgehead atoms. The van der Waals surface area contributed by atoms with Gasteiger partial charge in [-0.2, -0.15) is 0 Å². The highest BCUT2D eigenvalue weighted by Crippen LogP contribution is 2.25. The molecule has 1 heterocycles. The van der Waals surface area contributed by atoms with Gasteiger partial charge in [0.25, 0.3) is 0 Å². The van der Waals surface area contributed by atoms with E-state index in [9.17, 15) is 4.79 Å². The molecule has 0 unspecified atom stereocenters. The fraction of sp³-hybridized carbons (Fsp3) is 0.176. The number of benzene rings is 2. The van der Waals surface area contributed by atoms with Crippen LogP contribution in [0.2, 0.25) is 0 Å². The molecule has 0 aliphatic heterocycles. The maximum Gasteiger partial charge on any atom is 0.338 e. The Labute approximate surface area is 132 Å². The van der Waals surface area contributed by atoms with E-state index in [1.807, 2.05) is 24.3 Å². The van der Waals surface area contributed by atoms with Gasteiger partial charge in [0.05, 0.1) is 12.2 Å². The van der Waals surface area contributed by atoms with E-state index in [4.69, 9.17) is 20.8 Å². The van der Waals surface area contributed by atoms with E-state index in [1.165, 1.54) is 0 Å². The Balaban J connectivity index is 1.96. The molecule has 3 aromatic rings. The lowest BCUT2D eigenvalue weighted by Gasteiger charge is -2.00. The third kappa shape index (κ3) is 2.83. The van der Waals surface area contributed by atoms with Crippen molar-refractivity contribution in [2.45, 2.75) is 12.8 Å². The first-order valence-electron chi connectivity index (χ1n) is 6.94. The molecule has 2 aromatic carbocycles. The lowest BCUT2D eigenvalue weighted by molar-refractivity contribution is 0.0526. The first kappa shape index (κ1) is 14.6. The first-order valence-corrected chi connectivity index (χ1v) is 7.47. The van der Waals surface area contributed by atoms with Crippen molar-refractivity contribution in [3.63, 3.8) is 0 Å². The third-order valence-electron chi connectivity index (χ3n) is 3.25. The summed E-state index contributed by atoms with van der Waals surface area (Å²) in [5, 5.41) is 0. The van der Waals surface area contributed by atoms with Crippen LogP contribution in [0.3, 0.4) is 0 Å². The average molecular weight is 316 g/mol. The molecular formula is C17H14ClNO3. The lowest BCUT2D eigenvalue weighted by Crippen LogP contribution is -2.03. The summed E-state index contributed by atoms with van der Waals surface area (Å²) in [4.78, 5) is 16.2. The van der Waals surface area contributed by atoms with Crippen LogP contribution in [-0.4, -0.2) is 17.6 Å². The van der Waals surface area contributed by atoms with Crippen molar-refractivity contribution in [2.75, 3.05) is 6.61 Å². The van der Waals surface area contributed by atoms with Crippen LogP contribution in [-0.2, 0) is 10.6 Å². The van der Waals surface area contributed by atoms with E-state index in [0.29, 0.717) is 35.0 Å². The van der Waals surface area contributed by atoms with E-state index in [0.717, 1.165) is 11.1 Å². The second kappa shape index (κ2) is 6.20. The van der Waals surface area contributed by atoms with Gasteiger partial charge in [-0.1, -0.05) is 12.1 Å². The summed E-state index contributed by atoms with van der Waals surface area (Å²) < 4.78 is 10.7. The van der Waals surface area contributed by atoms with Crippen LogP contribution in [0.5, 0.6) is 0 Å². The molecule has 0 atom stereocenters. The van der Waals surface area contributed by atoms with Crippen LogP contribution in [0.4, 0.5) is 0 Å². The molecule has 112 valence electrons. The van der Waals surface area contributed by atoms with Crippen molar-refractivity contribution < 1.29 is 13.9 Å². The SMILES string of the molecule is CCOC(=O)c1ccc2oc(-c3ccc(CCl)cc3)nc2c1. The summed E-state index contributed by atoms with van der Waals surface area (Å²) in [6, 6.07) is 12.8. The number of rotatable bonds is 4. The molecule has 3 rings (SSSR count). The summed E-state index contributed by atoms with van der Waals surface area (Å²) in [7, 11) is 0. The minimum Gasteiger partial charge on any atom is -0.462 e. The molecule has 0 radical (unpaired) electrons. The number of carbonyl (C=O) groups is 1. The number of alkyl halides is 1. The summed E-state index contributed by atoms with van der Waals surface area (Å²) in [5.41, 5.74) is 3.62. The molecule has 0 spiro atoms. The lowest BCUT2D eigenvalue weighted by atomic mass is 10.1. The molecule has 0 N–H and O–H groups in total. The molecule has 0 saturated carbocycles. The normalized spacial score (nSPS) is 10.8. The quantitative estimate of drug-likeness (QED) is 0.528. The van der Waals surface area contributed by atoms with Crippen LogP contribution in [0.15, 0.2) is 46.9 Å². The van der Waals surface area contributed by atoms with E-state index in [-0.39, 0.29) is 5.97 Å². The molecule has 4 nitrogen and oxygen atoms in total. The number of ether oxygens (including phenoxy) is 1. The van der Waals surface area contributed by atoms with Crippen molar-refractivity contribution in [1.82, 2.24) is 4.98 Å². The number of oxazole rings is 1. The van der Waals surface area contributed by atoms with Crippen molar-refractivity contribution >= 4 is 28.7 Å². The fourth-order valence-corrected chi connectivity index (χ4v) is 2.31. The van der Waals surface area contributed by atoms with Crippen molar-refractivity contribution in [1.29, 1.82) is 0 Å². The molecule has 0 fully saturated rings. The van der Waals surface area contributed by atoms with Crippen LogP contribution in [0.25, 0.3) is 22.6 Å². The van der Waals surface area contributed by atoms with E-state index >= 15 is 0 Å². The highest BCUT2D eigenvalue weighted by Gasteiger charge is 2.12. The summed E-state index contributed by atoms with van der Waals surface area (Å²) in [5.74, 6) is 0.619. The molecule has 1 aromatic heterocycles. The zero-order valence-electron chi connectivity index (χ0n) is 12.0. The van der Waals surface area contributed by atoms with Crippen LogP contribution in [0, 0.1) is 0 Å². The predicted octanol–water partition coefficient (Wildman–Crippen LogP) is 4.41. The molecule has 22 heavy (non-hydrogen) atoms. The number of esters is 1. The van der Waals surface area contributed by atoms with Gasteiger partial charge in [-0.25, -0.2) is 9.78 Å². The largest absolute Gasteiger partial charge is 0.462 e. The van der Waals surface area contributed by atoms with E-state index in [1.54, 1.807) is 25.1 Å². The molecule has 0 aliphatic rings. The van der Waals surface area contributed by atoms with Crippen molar-refractivity contribution in [2.24, 2.45) is 0 Å². The summed E-state index contributed by atoms with van der Waals surface area (Å²) >= 11 is 5.78. The summed E-state index contributed by atoms with van der Waals surface area (Å²) in [6.45, 7) is 2.11. The van der Waals surface area contributed by atoms with Gasteiger partial charge in [-0.15, -0.1) is 11.6 Å². The Morgan fingerprint density at radius 1 is 1.23 bits per heavy atom. The Hall–Kier alpha value is -2.33. The van der Waals surface area contributed by atoms with Crippen molar-refractivity contribution in [3.8, 4) is 11.5 Å². The molecule has 5 heteroatoms. The van der Waals surface area contributed by atoms with Crippen LogP contribution < -0.4 is 0 Å². The van der Waals surface area contributed by atoms with Gasteiger partial charge >= 0.3 is 5.97 Å². The van der Waals surface area contributed by atoms with Gasteiger partial charge in [0.15, 0.2) is 5.58 Å². The van der Waals surface area contributed by atoms with E-state index < -0.39 is 0 Å². The molecular weight excluding hydrogens is 302 g/mol. The number of halogens is 1. The predicted molar refractivity (Wildman–Crippen MR) is 85.0 cm³/mol. The molecule has 0 aliphatic carbocycles.